The van der Waals surface area contributed by atoms with Crippen LogP contribution in [0.2, 0.25) is 10.0 Å². The van der Waals surface area contributed by atoms with Crippen molar-refractivity contribution >= 4 is 39.1 Å². The smallest absolute Gasteiger partial charge is 0.257 e. The first-order valence-corrected chi connectivity index (χ1v) is 9.63. The Morgan fingerprint density at radius 1 is 1.29 bits per heavy atom. The van der Waals surface area contributed by atoms with Crippen molar-refractivity contribution in [1.82, 2.24) is 9.62 Å². The SMILES string of the molecule is COCCN(CCNC(=O)COc1ccc(Cl)cc1Cl)S(C)(=O)=O. The molecule has 0 aliphatic heterocycles. The van der Waals surface area contributed by atoms with Gasteiger partial charge >= 0.3 is 0 Å². The number of methoxy groups -OCH3 is 1. The van der Waals surface area contributed by atoms with Gasteiger partial charge in [-0.2, -0.15) is 4.31 Å². The molecule has 0 fully saturated rings. The van der Waals surface area contributed by atoms with Crippen molar-refractivity contribution < 1.29 is 22.7 Å². The summed E-state index contributed by atoms with van der Waals surface area (Å²) in [6.45, 7) is 0.572. The summed E-state index contributed by atoms with van der Waals surface area (Å²) < 4.78 is 34.6. The first-order valence-electron chi connectivity index (χ1n) is 7.02. The van der Waals surface area contributed by atoms with Crippen molar-refractivity contribution in [3.8, 4) is 5.75 Å². The third-order valence-electron chi connectivity index (χ3n) is 2.95. The minimum atomic E-state index is -3.36. The van der Waals surface area contributed by atoms with Gasteiger partial charge in [-0.1, -0.05) is 23.2 Å². The van der Waals surface area contributed by atoms with Gasteiger partial charge in [0.05, 0.1) is 17.9 Å². The van der Waals surface area contributed by atoms with E-state index in [9.17, 15) is 13.2 Å². The summed E-state index contributed by atoms with van der Waals surface area (Å²) in [6.07, 6.45) is 1.11. The van der Waals surface area contributed by atoms with Gasteiger partial charge in [-0.15, -0.1) is 0 Å². The van der Waals surface area contributed by atoms with Crippen molar-refractivity contribution in [2.75, 3.05) is 46.2 Å². The number of nitrogens with zero attached hydrogens (tertiary/aromatic N) is 1. The maximum atomic E-state index is 11.7. The molecule has 0 aliphatic carbocycles. The molecule has 1 N–H and O–H groups in total. The molecule has 0 bridgehead atoms. The number of amides is 1. The number of hydrogen-bond donors (Lipinski definition) is 1. The molecule has 0 aliphatic rings. The number of benzene rings is 1. The maximum absolute atomic E-state index is 11.7. The molecule has 0 aromatic heterocycles. The molecule has 10 heteroatoms. The van der Waals surface area contributed by atoms with Crippen molar-refractivity contribution in [2.24, 2.45) is 0 Å². The van der Waals surface area contributed by atoms with Crippen LogP contribution in [-0.2, 0) is 19.6 Å². The van der Waals surface area contributed by atoms with Crippen LogP contribution in [0.1, 0.15) is 0 Å². The zero-order valence-electron chi connectivity index (χ0n) is 13.4. The topological polar surface area (TPSA) is 84.9 Å². The Kier molecular flexibility index (Phi) is 8.79. The number of halogens is 2. The lowest BCUT2D eigenvalue weighted by Gasteiger charge is -2.19. The fraction of sp³-hybridized carbons (Fsp3) is 0.500. The number of ether oxygens (including phenoxy) is 2. The van der Waals surface area contributed by atoms with E-state index in [0.717, 1.165) is 6.26 Å². The first kappa shape index (κ1) is 21.0. The molecule has 0 saturated carbocycles. The Morgan fingerprint density at radius 3 is 2.58 bits per heavy atom. The quantitative estimate of drug-likeness (QED) is 0.643. The van der Waals surface area contributed by atoms with Crippen molar-refractivity contribution in [3.05, 3.63) is 28.2 Å². The molecule has 1 amide bonds. The van der Waals surface area contributed by atoms with Crippen LogP contribution < -0.4 is 10.1 Å². The number of nitrogens with one attached hydrogen (secondary N) is 1. The fourth-order valence-electron chi connectivity index (χ4n) is 1.74. The highest BCUT2D eigenvalue weighted by Crippen LogP contribution is 2.27. The Balaban J connectivity index is 2.39. The molecule has 0 spiro atoms. The highest BCUT2D eigenvalue weighted by Gasteiger charge is 2.16. The van der Waals surface area contributed by atoms with Crippen LogP contribution in [0, 0.1) is 0 Å². The van der Waals surface area contributed by atoms with Gasteiger partial charge in [-0.3, -0.25) is 4.79 Å². The molecule has 136 valence electrons. The summed E-state index contributed by atoms with van der Waals surface area (Å²) in [6, 6.07) is 4.67. The first-order chi connectivity index (χ1) is 11.2. The van der Waals surface area contributed by atoms with E-state index in [0.29, 0.717) is 15.8 Å². The highest BCUT2D eigenvalue weighted by molar-refractivity contribution is 7.88. The molecule has 1 aromatic carbocycles. The van der Waals surface area contributed by atoms with E-state index >= 15 is 0 Å². The third-order valence-corrected chi connectivity index (χ3v) is 4.78. The number of carbonyl (C=O) groups excluding carboxylic acids is 1. The van der Waals surface area contributed by atoms with E-state index in [1.165, 1.54) is 17.5 Å². The van der Waals surface area contributed by atoms with Gasteiger partial charge in [0.15, 0.2) is 6.61 Å². The molecule has 1 aromatic rings. The second-order valence-corrected chi connectivity index (χ2v) is 7.69. The Bertz CT molecular complexity index is 655. The van der Waals surface area contributed by atoms with Gasteiger partial charge in [0, 0.05) is 31.8 Å². The predicted molar refractivity (Wildman–Crippen MR) is 93.3 cm³/mol. The normalized spacial score (nSPS) is 11.5. The predicted octanol–water partition coefficient (Wildman–Crippen LogP) is 1.40. The molecule has 0 heterocycles. The minimum Gasteiger partial charge on any atom is -0.482 e. The monoisotopic (exact) mass is 398 g/mol. The van der Waals surface area contributed by atoms with E-state index in [1.54, 1.807) is 12.1 Å². The van der Waals surface area contributed by atoms with E-state index < -0.39 is 10.0 Å². The summed E-state index contributed by atoms with van der Waals surface area (Å²) >= 11 is 11.7. The van der Waals surface area contributed by atoms with Gasteiger partial charge in [0.2, 0.25) is 10.0 Å². The Hall–Kier alpha value is -1.06. The Labute approximate surface area is 151 Å². The van der Waals surface area contributed by atoms with Crippen LogP contribution in [0.25, 0.3) is 0 Å². The molecule has 24 heavy (non-hydrogen) atoms. The molecule has 0 saturated heterocycles. The van der Waals surface area contributed by atoms with Crippen molar-refractivity contribution in [1.29, 1.82) is 0 Å². The zero-order chi connectivity index (χ0) is 18.2. The van der Waals surface area contributed by atoms with E-state index in [1.807, 2.05) is 0 Å². The summed E-state index contributed by atoms with van der Waals surface area (Å²) in [4.78, 5) is 11.7. The van der Waals surface area contributed by atoms with Gasteiger partial charge in [0.25, 0.3) is 5.91 Å². The van der Waals surface area contributed by atoms with Gasteiger partial charge in [-0.05, 0) is 18.2 Å². The number of sulfonamides is 1. The number of carbonyl (C=O) groups is 1. The van der Waals surface area contributed by atoms with Gasteiger partial charge in [-0.25, -0.2) is 8.42 Å². The lowest BCUT2D eigenvalue weighted by molar-refractivity contribution is -0.123. The second-order valence-electron chi connectivity index (χ2n) is 4.87. The molecule has 7 nitrogen and oxygen atoms in total. The van der Waals surface area contributed by atoms with Crippen molar-refractivity contribution in [2.45, 2.75) is 0 Å². The van der Waals surface area contributed by atoms with Crippen LogP contribution in [0.15, 0.2) is 18.2 Å². The standard InChI is InChI=1S/C14H20Cl2N2O5S/c1-22-8-7-18(24(2,20)21)6-5-17-14(19)10-23-13-4-3-11(15)9-12(13)16/h3-4,9H,5-8,10H2,1-2H3,(H,17,19). The minimum absolute atomic E-state index is 0.148. The van der Waals surface area contributed by atoms with Crippen LogP contribution in [0.5, 0.6) is 5.75 Å². The van der Waals surface area contributed by atoms with Crippen LogP contribution in [-0.4, -0.2) is 64.8 Å². The summed E-state index contributed by atoms with van der Waals surface area (Å²) in [5.41, 5.74) is 0. The zero-order valence-corrected chi connectivity index (χ0v) is 15.7. The van der Waals surface area contributed by atoms with Crippen LogP contribution in [0.3, 0.4) is 0 Å². The lowest BCUT2D eigenvalue weighted by atomic mass is 10.3. The summed E-state index contributed by atoms with van der Waals surface area (Å²) in [7, 11) is -1.87. The lowest BCUT2D eigenvalue weighted by Crippen LogP contribution is -2.40. The van der Waals surface area contributed by atoms with E-state index in [-0.39, 0.29) is 38.8 Å². The maximum Gasteiger partial charge on any atom is 0.257 e. The average molecular weight is 399 g/mol. The Morgan fingerprint density at radius 2 is 2.00 bits per heavy atom. The fourth-order valence-corrected chi connectivity index (χ4v) is 3.04. The third kappa shape index (κ3) is 7.67. The second kappa shape index (κ2) is 10.0. The van der Waals surface area contributed by atoms with E-state index in [4.69, 9.17) is 32.7 Å². The molecule has 1 rings (SSSR count). The molecule has 0 atom stereocenters. The van der Waals surface area contributed by atoms with Crippen LogP contribution >= 0.6 is 23.2 Å². The van der Waals surface area contributed by atoms with E-state index in [2.05, 4.69) is 5.32 Å². The highest BCUT2D eigenvalue weighted by atomic mass is 35.5. The average Bonchev–Trinajstić information content (AvgIpc) is 2.48. The van der Waals surface area contributed by atoms with Crippen LogP contribution in [0.4, 0.5) is 0 Å². The number of rotatable bonds is 10. The van der Waals surface area contributed by atoms with Gasteiger partial charge < -0.3 is 14.8 Å². The summed E-state index contributed by atoms with van der Waals surface area (Å²) in [5.74, 6) is -0.0460. The van der Waals surface area contributed by atoms with Crippen molar-refractivity contribution in [3.63, 3.8) is 0 Å². The summed E-state index contributed by atoms with van der Waals surface area (Å²) in [5, 5.41) is 3.35. The van der Waals surface area contributed by atoms with Gasteiger partial charge in [0.1, 0.15) is 5.75 Å². The molecule has 0 radical (unpaired) electrons. The molecule has 0 unspecified atom stereocenters. The largest absolute Gasteiger partial charge is 0.482 e. The molecular weight excluding hydrogens is 379 g/mol. The number of hydrogen-bond acceptors (Lipinski definition) is 5. The molecular formula is C14H20Cl2N2O5S.